The average Bonchev–Trinajstić information content (AvgIpc) is 2.99. The third-order valence-corrected chi connectivity index (χ3v) is 4.13. The van der Waals surface area contributed by atoms with Crippen molar-refractivity contribution in [1.29, 1.82) is 0 Å². The highest BCUT2D eigenvalue weighted by atomic mass is 16.6. The van der Waals surface area contributed by atoms with E-state index in [0.717, 1.165) is 16.8 Å². The molecule has 6 nitrogen and oxygen atoms in total. The molecule has 0 saturated carbocycles. The van der Waals surface area contributed by atoms with Gasteiger partial charge >= 0.3 is 0 Å². The Balaban J connectivity index is 1.89. The molecule has 0 unspecified atom stereocenters. The van der Waals surface area contributed by atoms with Crippen LogP contribution >= 0.6 is 0 Å². The Morgan fingerprint density at radius 2 is 1.85 bits per heavy atom. The normalized spacial score (nSPS) is 10.6. The number of non-ortho nitro benzene ring substituents is 1. The first-order valence-electron chi connectivity index (χ1n) is 8.09. The van der Waals surface area contributed by atoms with Crippen LogP contribution in [-0.4, -0.2) is 10.8 Å². The summed E-state index contributed by atoms with van der Waals surface area (Å²) in [5.74, 6) is 0.584. The molecular formula is C20H18N2O4. The number of nitro benzene ring substituents is 1. The zero-order valence-electron chi connectivity index (χ0n) is 14.7. The number of hydrogen-bond donors (Lipinski definition) is 1. The Bertz CT molecular complexity index is 1000. The smallest absolute Gasteiger partial charge is 0.270 e. The highest BCUT2D eigenvalue weighted by Crippen LogP contribution is 2.28. The minimum atomic E-state index is -0.465. The molecule has 26 heavy (non-hydrogen) atoms. The van der Waals surface area contributed by atoms with Crippen molar-refractivity contribution >= 4 is 17.3 Å². The molecule has 6 heteroatoms. The summed E-state index contributed by atoms with van der Waals surface area (Å²) in [6.45, 7) is 5.61. The number of amides is 1. The fourth-order valence-corrected chi connectivity index (χ4v) is 2.77. The fraction of sp³-hybridized carbons (Fsp3) is 0.150. The Morgan fingerprint density at radius 3 is 2.54 bits per heavy atom. The molecule has 0 bridgehead atoms. The summed E-state index contributed by atoms with van der Waals surface area (Å²) in [4.78, 5) is 23.1. The summed E-state index contributed by atoms with van der Waals surface area (Å²) in [5, 5.41) is 13.8. The number of furan rings is 1. The molecule has 1 aromatic heterocycles. The Morgan fingerprint density at radius 1 is 1.08 bits per heavy atom. The number of benzene rings is 2. The largest absolute Gasteiger partial charge is 0.461 e. The predicted molar refractivity (Wildman–Crippen MR) is 99.4 cm³/mol. The van der Waals surface area contributed by atoms with Crippen LogP contribution in [-0.2, 0) is 0 Å². The Labute approximate surface area is 150 Å². The molecule has 0 spiro atoms. The van der Waals surface area contributed by atoms with E-state index in [-0.39, 0.29) is 11.6 Å². The lowest BCUT2D eigenvalue weighted by Gasteiger charge is -2.08. The molecule has 0 saturated heterocycles. The number of carbonyl (C=O) groups excluding carboxylic acids is 1. The topological polar surface area (TPSA) is 85.4 Å². The summed E-state index contributed by atoms with van der Waals surface area (Å²) in [7, 11) is 0. The van der Waals surface area contributed by atoms with Crippen LogP contribution in [0.5, 0.6) is 0 Å². The van der Waals surface area contributed by atoms with Gasteiger partial charge in [0, 0.05) is 23.4 Å². The van der Waals surface area contributed by atoms with Crippen molar-refractivity contribution in [1.82, 2.24) is 0 Å². The van der Waals surface area contributed by atoms with Crippen LogP contribution in [0.3, 0.4) is 0 Å². The van der Waals surface area contributed by atoms with Crippen molar-refractivity contribution in [3.8, 4) is 11.3 Å². The monoisotopic (exact) mass is 350 g/mol. The summed E-state index contributed by atoms with van der Waals surface area (Å²) < 4.78 is 5.66. The van der Waals surface area contributed by atoms with Crippen LogP contribution in [0.2, 0.25) is 0 Å². The van der Waals surface area contributed by atoms with Gasteiger partial charge in [-0.05, 0) is 38.5 Å². The third kappa shape index (κ3) is 3.49. The molecule has 1 heterocycles. The molecule has 0 radical (unpaired) electrons. The molecule has 132 valence electrons. The van der Waals surface area contributed by atoms with E-state index in [9.17, 15) is 14.9 Å². The predicted octanol–water partition coefficient (Wildman–Crippen LogP) is 5.03. The summed E-state index contributed by atoms with van der Waals surface area (Å²) in [5.41, 5.74) is 3.74. The summed E-state index contributed by atoms with van der Waals surface area (Å²) >= 11 is 0. The van der Waals surface area contributed by atoms with Gasteiger partial charge in [0.05, 0.1) is 10.5 Å². The molecular weight excluding hydrogens is 332 g/mol. The number of nitrogens with one attached hydrogen (secondary N) is 1. The SMILES string of the molecule is Cc1ccc(NC(=O)c2cc(-c3cccc([N+](=O)[O-])c3)oc2C)c(C)c1. The molecule has 0 aliphatic carbocycles. The first kappa shape index (κ1) is 17.4. The summed E-state index contributed by atoms with van der Waals surface area (Å²) in [6, 6.07) is 13.5. The molecule has 0 aliphatic heterocycles. The van der Waals surface area contributed by atoms with Crippen molar-refractivity contribution in [2.75, 3.05) is 5.32 Å². The second-order valence-electron chi connectivity index (χ2n) is 6.16. The Hall–Kier alpha value is -3.41. The van der Waals surface area contributed by atoms with Gasteiger partial charge in [-0.25, -0.2) is 0 Å². The standard InChI is InChI=1S/C20H18N2O4/c1-12-7-8-18(13(2)9-12)21-20(23)17-11-19(26-14(17)3)15-5-4-6-16(10-15)22(24)25/h4-11H,1-3H3,(H,21,23). The first-order valence-corrected chi connectivity index (χ1v) is 8.09. The lowest BCUT2D eigenvalue weighted by Crippen LogP contribution is -2.13. The highest BCUT2D eigenvalue weighted by Gasteiger charge is 2.18. The maximum absolute atomic E-state index is 12.6. The first-order chi connectivity index (χ1) is 12.3. The quantitative estimate of drug-likeness (QED) is 0.528. The number of anilines is 1. The number of carbonyl (C=O) groups is 1. The maximum atomic E-state index is 12.6. The van der Waals surface area contributed by atoms with E-state index in [1.54, 1.807) is 25.1 Å². The molecule has 0 atom stereocenters. The zero-order valence-corrected chi connectivity index (χ0v) is 14.7. The molecule has 2 aromatic carbocycles. The van der Waals surface area contributed by atoms with Crippen molar-refractivity contribution in [2.24, 2.45) is 0 Å². The van der Waals surface area contributed by atoms with Gasteiger partial charge in [0.15, 0.2) is 0 Å². The average molecular weight is 350 g/mol. The van der Waals surface area contributed by atoms with Crippen molar-refractivity contribution < 1.29 is 14.1 Å². The van der Waals surface area contributed by atoms with Gasteiger partial charge in [-0.2, -0.15) is 0 Å². The van der Waals surface area contributed by atoms with Crippen LogP contribution in [0.25, 0.3) is 11.3 Å². The van der Waals surface area contributed by atoms with Crippen LogP contribution in [0, 0.1) is 30.9 Å². The van der Waals surface area contributed by atoms with E-state index in [1.807, 2.05) is 32.0 Å². The fourth-order valence-electron chi connectivity index (χ4n) is 2.77. The lowest BCUT2D eigenvalue weighted by atomic mass is 10.1. The van der Waals surface area contributed by atoms with Gasteiger partial charge in [-0.1, -0.05) is 29.8 Å². The second kappa shape index (κ2) is 6.84. The van der Waals surface area contributed by atoms with Gasteiger partial charge in [-0.15, -0.1) is 0 Å². The van der Waals surface area contributed by atoms with E-state index in [0.29, 0.717) is 22.6 Å². The molecule has 0 aliphatic rings. The second-order valence-corrected chi connectivity index (χ2v) is 6.16. The molecule has 3 aromatic rings. The van der Waals surface area contributed by atoms with Gasteiger partial charge in [-0.3, -0.25) is 14.9 Å². The van der Waals surface area contributed by atoms with Gasteiger partial charge in [0.2, 0.25) is 0 Å². The molecule has 1 N–H and O–H groups in total. The zero-order chi connectivity index (χ0) is 18.8. The number of nitro groups is 1. The molecule has 1 amide bonds. The van der Waals surface area contributed by atoms with Crippen molar-refractivity contribution in [3.63, 3.8) is 0 Å². The van der Waals surface area contributed by atoms with E-state index in [2.05, 4.69) is 5.32 Å². The molecule has 3 rings (SSSR count). The number of aryl methyl sites for hydroxylation is 3. The van der Waals surface area contributed by atoms with Gasteiger partial charge in [0.25, 0.3) is 11.6 Å². The van der Waals surface area contributed by atoms with E-state index >= 15 is 0 Å². The number of nitrogens with zero attached hydrogens (tertiary/aromatic N) is 1. The summed E-state index contributed by atoms with van der Waals surface area (Å²) in [6.07, 6.45) is 0. The lowest BCUT2D eigenvalue weighted by molar-refractivity contribution is -0.384. The van der Waals surface area contributed by atoms with Crippen LogP contribution < -0.4 is 5.32 Å². The minimum Gasteiger partial charge on any atom is -0.461 e. The van der Waals surface area contributed by atoms with Crippen LogP contribution in [0.4, 0.5) is 11.4 Å². The van der Waals surface area contributed by atoms with E-state index in [1.165, 1.54) is 12.1 Å². The van der Waals surface area contributed by atoms with Crippen LogP contribution in [0.1, 0.15) is 27.2 Å². The third-order valence-electron chi connectivity index (χ3n) is 4.13. The van der Waals surface area contributed by atoms with E-state index < -0.39 is 4.92 Å². The number of hydrogen-bond acceptors (Lipinski definition) is 4. The highest BCUT2D eigenvalue weighted by molar-refractivity contribution is 6.06. The minimum absolute atomic E-state index is 0.0298. The van der Waals surface area contributed by atoms with Gasteiger partial charge in [0.1, 0.15) is 11.5 Å². The Kier molecular flexibility index (Phi) is 4.58. The van der Waals surface area contributed by atoms with Crippen LogP contribution in [0.15, 0.2) is 52.9 Å². The van der Waals surface area contributed by atoms with Crippen molar-refractivity contribution in [3.05, 3.63) is 81.1 Å². The number of rotatable bonds is 4. The maximum Gasteiger partial charge on any atom is 0.270 e. The van der Waals surface area contributed by atoms with Crippen molar-refractivity contribution in [2.45, 2.75) is 20.8 Å². The van der Waals surface area contributed by atoms with Gasteiger partial charge < -0.3 is 9.73 Å². The van der Waals surface area contributed by atoms with E-state index in [4.69, 9.17) is 4.42 Å². The molecule has 0 fully saturated rings.